The monoisotopic (exact) mass is 326 g/mol. The fourth-order valence-electron chi connectivity index (χ4n) is 2.89. The van der Waals surface area contributed by atoms with Crippen LogP contribution in [0.1, 0.15) is 30.1 Å². The minimum absolute atomic E-state index is 0.418. The molecule has 24 heavy (non-hydrogen) atoms. The zero-order valence-electron chi connectivity index (χ0n) is 14.2. The van der Waals surface area contributed by atoms with E-state index in [4.69, 9.17) is 5.26 Å². The summed E-state index contributed by atoms with van der Waals surface area (Å²) in [5, 5.41) is 19.8. The number of hydrogen-bond acceptors (Lipinski definition) is 7. The Morgan fingerprint density at radius 1 is 1.33 bits per heavy atom. The van der Waals surface area contributed by atoms with Crippen molar-refractivity contribution in [3.05, 3.63) is 23.7 Å². The molecule has 3 rings (SSSR count). The van der Waals surface area contributed by atoms with E-state index in [-0.39, 0.29) is 0 Å². The largest absolute Gasteiger partial charge is 0.372 e. The molecular formula is C16H22N8. The fourth-order valence-corrected chi connectivity index (χ4v) is 2.89. The number of aromatic nitrogens is 4. The molecule has 0 unspecified atom stereocenters. The van der Waals surface area contributed by atoms with Crippen LogP contribution in [0.5, 0.6) is 0 Å². The highest BCUT2D eigenvalue weighted by molar-refractivity contribution is 5.59. The van der Waals surface area contributed by atoms with Crippen molar-refractivity contribution in [2.45, 2.75) is 25.8 Å². The van der Waals surface area contributed by atoms with E-state index >= 15 is 0 Å². The standard InChI is InChI=1S/C16H22N8/c1-11-14(10-24(22-11)13-4-6-23(3)7-5-13)20-16-19-9-12(8-17)15(18-2)21-16/h9-10,13H,4-7H2,1-3H3,(H2,18,19,20,21). The minimum atomic E-state index is 0.418. The van der Waals surface area contributed by atoms with Crippen molar-refractivity contribution in [2.75, 3.05) is 37.8 Å². The van der Waals surface area contributed by atoms with Crippen LogP contribution in [-0.4, -0.2) is 51.8 Å². The lowest BCUT2D eigenvalue weighted by Gasteiger charge is -2.28. The third kappa shape index (κ3) is 3.31. The van der Waals surface area contributed by atoms with Crippen molar-refractivity contribution in [1.29, 1.82) is 5.26 Å². The van der Waals surface area contributed by atoms with Crippen LogP contribution in [0.3, 0.4) is 0 Å². The summed E-state index contributed by atoms with van der Waals surface area (Å²) in [6.45, 7) is 4.16. The van der Waals surface area contributed by atoms with Gasteiger partial charge in [0.15, 0.2) is 0 Å². The van der Waals surface area contributed by atoms with Gasteiger partial charge in [0.25, 0.3) is 0 Å². The molecule has 0 amide bonds. The van der Waals surface area contributed by atoms with Crippen LogP contribution in [0.15, 0.2) is 12.4 Å². The maximum atomic E-state index is 9.03. The van der Waals surface area contributed by atoms with Gasteiger partial charge in [-0.05, 0) is 39.9 Å². The van der Waals surface area contributed by atoms with Gasteiger partial charge < -0.3 is 15.5 Å². The summed E-state index contributed by atoms with van der Waals surface area (Å²) in [4.78, 5) is 10.9. The molecule has 8 nitrogen and oxygen atoms in total. The van der Waals surface area contributed by atoms with Gasteiger partial charge in [0, 0.05) is 13.2 Å². The van der Waals surface area contributed by atoms with Crippen molar-refractivity contribution in [3.8, 4) is 6.07 Å². The van der Waals surface area contributed by atoms with Crippen molar-refractivity contribution < 1.29 is 0 Å². The van der Waals surface area contributed by atoms with Gasteiger partial charge in [-0.15, -0.1) is 0 Å². The molecule has 0 spiro atoms. The molecule has 2 aromatic heterocycles. The number of anilines is 3. The van der Waals surface area contributed by atoms with E-state index in [2.05, 4.69) is 43.7 Å². The lowest BCUT2D eigenvalue weighted by molar-refractivity contribution is 0.212. The van der Waals surface area contributed by atoms with Crippen LogP contribution in [0, 0.1) is 18.3 Å². The Hall–Kier alpha value is -2.66. The normalized spacial score (nSPS) is 15.9. The van der Waals surface area contributed by atoms with E-state index in [1.54, 1.807) is 7.05 Å². The smallest absolute Gasteiger partial charge is 0.229 e. The first kappa shape index (κ1) is 16.2. The number of likely N-dealkylation sites (tertiary alicyclic amines) is 1. The fraction of sp³-hybridized carbons (Fsp3) is 0.500. The Bertz CT molecular complexity index is 752. The van der Waals surface area contributed by atoms with E-state index in [0.29, 0.717) is 23.4 Å². The van der Waals surface area contributed by atoms with Gasteiger partial charge in [-0.25, -0.2) is 4.98 Å². The zero-order chi connectivity index (χ0) is 17.1. The molecule has 0 radical (unpaired) electrons. The van der Waals surface area contributed by atoms with Gasteiger partial charge in [-0.3, -0.25) is 4.68 Å². The Kier molecular flexibility index (Phi) is 4.62. The molecule has 0 bridgehead atoms. The van der Waals surface area contributed by atoms with Gasteiger partial charge in [0.05, 0.1) is 23.6 Å². The van der Waals surface area contributed by atoms with Gasteiger partial charge in [-0.2, -0.15) is 15.3 Å². The summed E-state index contributed by atoms with van der Waals surface area (Å²) in [6, 6.07) is 2.50. The van der Waals surface area contributed by atoms with Gasteiger partial charge in [-0.1, -0.05) is 0 Å². The van der Waals surface area contributed by atoms with E-state index in [9.17, 15) is 0 Å². The van der Waals surface area contributed by atoms with Gasteiger partial charge in [0.2, 0.25) is 5.95 Å². The van der Waals surface area contributed by atoms with Crippen LogP contribution in [0.2, 0.25) is 0 Å². The average molecular weight is 326 g/mol. The highest BCUT2D eigenvalue weighted by Crippen LogP contribution is 2.25. The molecule has 1 aliphatic rings. The maximum absolute atomic E-state index is 9.03. The van der Waals surface area contributed by atoms with Gasteiger partial charge >= 0.3 is 0 Å². The van der Waals surface area contributed by atoms with E-state index < -0.39 is 0 Å². The number of piperidine rings is 1. The first-order valence-corrected chi connectivity index (χ1v) is 8.07. The molecule has 0 aromatic carbocycles. The number of nitriles is 1. The molecule has 8 heteroatoms. The van der Waals surface area contributed by atoms with Gasteiger partial charge in [0.1, 0.15) is 17.5 Å². The van der Waals surface area contributed by atoms with Crippen LogP contribution < -0.4 is 10.6 Å². The van der Waals surface area contributed by atoms with Crippen LogP contribution in [0.25, 0.3) is 0 Å². The van der Waals surface area contributed by atoms with E-state index in [1.807, 2.05) is 17.8 Å². The molecule has 1 aliphatic heterocycles. The Morgan fingerprint density at radius 3 is 2.75 bits per heavy atom. The highest BCUT2D eigenvalue weighted by atomic mass is 15.3. The molecule has 126 valence electrons. The van der Waals surface area contributed by atoms with Crippen molar-refractivity contribution in [3.63, 3.8) is 0 Å². The minimum Gasteiger partial charge on any atom is -0.372 e. The number of hydrogen-bond donors (Lipinski definition) is 2. The van der Waals surface area contributed by atoms with E-state index in [0.717, 1.165) is 37.3 Å². The second-order valence-corrected chi connectivity index (χ2v) is 6.09. The highest BCUT2D eigenvalue weighted by Gasteiger charge is 2.20. The SMILES string of the molecule is CNc1nc(Nc2cn(C3CCN(C)CC3)nc2C)ncc1C#N. The van der Waals surface area contributed by atoms with Crippen molar-refractivity contribution in [2.24, 2.45) is 0 Å². The molecule has 1 fully saturated rings. The first-order valence-electron chi connectivity index (χ1n) is 8.07. The third-order valence-electron chi connectivity index (χ3n) is 4.37. The van der Waals surface area contributed by atoms with E-state index in [1.165, 1.54) is 6.20 Å². The van der Waals surface area contributed by atoms with Crippen LogP contribution >= 0.6 is 0 Å². The lowest BCUT2D eigenvalue weighted by atomic mass is 10.1. The maximum Gasteiger partial charge on any atom is 0.229 e. The first-order chi connectivity index (χ1) is 11.6. The van der Waals surface area contributed by atoms with Crippen LogP contribution in [0.4, 0.5) is 17.5 Å². The average Bonchev–Trinajstić information content (AvgIpc) is 2.96. The predicted molar refractivity (Wildman–Crippen MR) is 92.3 cm³/mol. The topological polar surface area (TPSA) is 94.7 Å². The molecule has 0 saturated carbocycles. The summed E-state index contributed by atoms with van der Waals surface area (Å²) >= 11 is 0. The Morgan fingerprint density at radius 2 is 2.08 bits per heavy atom. The second-order valence-electron chi connectivity index (χ2n) is 6.09. The van der Waals surface area contributed by atoms with Crippen molar-refractivity contribution in [1.82, 2.24) is 24.6 Å². The molecule has 0 aliphatic carbocycles. The summed E-state index contributed by atoms with van der Waals surface area (Å²) in [6.07, 6.45) is 5.74. The molecule has 3 heterocycles. The third-order valence-corrected chi connectivity index (χ3v) is 4.37. The predicted octanol–water partition coefficient (Wildman–Crippen LogP) is 1.91. The molecule has 2 aromatic rings. The summed E-state index contributed by atoms with van der Waals surface area (Å²) < 4.78 is 2.05. The molecule has 1 saturated heterocycles. The number of nitrogens with zero attached hydrogens (tertiary/aromatic N) is 6. The molecule has 0 atom stereocenters. The quantitative estimate of drug-likeness (QED) is 0.886. The summed E-state index contributed by atoms with van der Waals surface area (Å²) in [5.74, 6) is 0.958. The molecule has 2 N–H and O–H groups in total. The molecular weight excluding hydrogens is 304 g/mol. The zero-order valence-corrected chi connectivity index (χ0v) is 14.2. The van der Waals surface area contributed by atoms with Crippen LogP contribution in [-0.2, 0) is 0 Å². The summed E-state index contributed by atoms with van der Waals surface area (Å²) in [5.41, 5.74) is 2.22. The number of nitrogens with one attached hydrogen (secondary N) is 2. The lowest BCUT2D eigenvalue weighted by Crippen LogP contribution is -2.31. The van der Waals surface area contributed by atoms with Crippen molar-refractivity contribution >= 4 is 17.5 Å². The Balaban J connectivity index is 1.77. The summed E-state index contributed by atoms with van der Waals surface area (Å²) in [7, 11) is 3.88. The number of aryl methyl sites for hydroxylation is 1. The number of rotatable bonds is 4. The second kappa shape index (κ2) is 6.84. The Labute approximate surface area is 141 Å².